The first-order chi connectivity index (χ1) is 9.76. The quantitative estimate of drug-likeness (QED) is 0.838. The molecule has 0 fully saturated rings. The van der Waals surface area contributed by atoms with Gasteiger partial charge in [-0.05, 0) is 12.5 Å². The van der Waals surface area contributed by atoms with Gasteiger partial charge < -0.3 is 19.4 Å². The van der Waals surface area contributed by atoms with E-state index in [-0.39, 0.29) is 0 Å². The summed E-state index contributed by atoms with van der Waals surface area (Å²) in [4.78, 5) is 10.6. The van der Waals surface area contributed by atoms with Crippen LogP contribution in [0.5, 0.6) is 5.75 Å². The SMILES string of the molecule is CCCNc1ncnc(N(C)Cc2ccoc2)c1OC. The van der Waals surface area contributed by atoms with Gasteiger partial charge in [0, 0.05) is 25.7 Å². The molecule has 0 atom stereocenters. The number of methoxy groups -OCH3 is 1. The molecule has 6 nitrogen and oxygen atoms in total. The van der Waals surface area contributed by atoms with Crippen LogP contribution in [0.1, 0.15) is 18.9 Å². The van der Waals surface area contributed by atoms with E-state index in [1.165, 1.54) is 0 Å². The number of hydrogen-bond acceptors (Lipinski definition) is 6. The van der Waals surface area contributed by atoms with Crippen molar-refractivity contribution in [3.05, 3.63) is 30.5 Å². The van der Waals surface area contributed by atoms with Crippen molar-refractivity contribution < 1.29 is 9.15 Å². The number of furan rings is 1. The van der Waals surface area contributed by atoms with Gasteiger partial charge in [-0.15, -0.1) is 0 Å². The number of anilines is 2. The Hall–Kier alpha value is -2.24. The van der Waals surface area contributed by atoms with Gasteiger partial charge in [-0.1, -0.05) is 6.92 Å². The molecule has 0 bridgehead atoms. The Labute approximate surface area is 118 Å². The lowest BCUT2D eigenvalue weighted by atomic mass is 10.3. The van der Waals surface area contributed by atoms with Crippen LogP contribution in [0.15, 0.2) is 29.3 Å². The lowest BCUT2D eigenvalue weighted by molar-refractivity contribution is 0.412. The van der Waals surface area contributed by atoms with Crippen LogP contribution >= 0.6 is 0 Å². The smallest absolute Gasteiger partial charge is 0.204 e. The minimum Gasteiger partial charge on any atom is -0.490 e. The molecular weight excluding hydrogens is 256 g/mol. The normalized spacial score (nSPS) is 10.3. The summed E-state index contributed by atoms with van der Waals surface area (Å²) in [5.41, 5.74) is 1.08. The number of nitrogens with zero attached hydrogens (tertiary/aromatic N) is 3. The van der Waals surface area contributed by atoms with Crippen LogP contribution in [-0.2, 0) is 6.54 Å². The van der Waals surface area contributed by atoms with Crippen LogP contribution in [0.3, 0.4) is 0 Å². The molecule has 2 heterocycles. The van der Waals surface area contributed by atoms with E-state index in [1.54, 1.807) is 26.0 Å². The number of ether oxygens (including phenoxy) is 1. The van der Waals surface area contributed by atoms with Crippen molar-refractivity contribution in [2.24, 2.45) is 0 Å². The zero-order chi connectivity index (χ0) is 14.4. The largest absolute Gasteiger partial charge is 0.490 e. The molecule has 2 aromatic rings. The van der Waals surface area contributed by atoms with Gasteiger partial charge in [0.1, 0.15) is 6.33 Å². The van der Waals surface area contributed by atoms with Crippen LogP contribution in [-0.4, -0.2) is 30.7 Å². The van der Waals surface area contributed by atoms with Crippen molar-refractivity contribution in [3.63, 3.8) is 0 Å². The molecule has 0 spiro atoms. The molecule has 0 saturated heterocycles. The molecule has 20 heavy (non-hydrogen) atoms. The van der Waals surface area contributed by atoms with E-state index in [0.717, 1.165) is 30.2 Å². The summed E-state index contributed by atoms with van der Waals surface area (Å²) in [5.74, 6) is 2.13. The van der Waals surface area contributed by atoms with E-state index in [2.05, 4.69) is 22.2 Å². The molecule has 0 saturated carbocycles. The molecule has 0 amide bonds. The lowest BCUT2D eigenvalue weighted by Gasteiger charge is -2.21. The number of hydrogen-bond donors (Lipinski definition) is 1. The lowest BCUT2D eigenvalue weighted by Crippen LogP contribution is -2.19. The van der Waals surface area contributed by atoms with Gasteiger partial charge in [0.05, 0.1) is 19.6 Å². The zero-order valence-corrected chi connectivity index (χ0v) is 12.1. The van der Waals surface area contributed by atoms with Gasteiger partial charge in [-0.25, -0.2) is 9.97 Å². The standard InChI is InChI=1S/C14H20N4O2/c1-4-6-15-13-12(19-3)14(17-10-16-13)18(2)8-11-5-7-20-9-11/h5,7,9-10H,4,6,8H2,1-3H3,(H,15,16,17). The van der Waals surface area contributed by atoms with Crippen molar-refractivity contribution in [2.75, 3.05) is 30.9 Å². The minimum absolute atomic E-state index is 0.659. The summed E-state index contributed by atoms with van der Waals surface area (Å²) in [5, 5.41) is 3.25. The Morgan fingerprint density at radius 1 is 1.40 bits per heavy atom. The fourth-order valence-electron chi connectivity index (χ4n) is 1.93. The first kappa shape index (κ1) is 14.2. The fraction of sp³-hybridized carbons (Fsp3) is 0.429. The number of rotatable bonds is 7. The van der Waals surface area contributed by atoms with E-state index < -0.39 is 0 Å². The fourth-order valence-corrected chi connectivity index (χ4v) is 1.93. The molecule has 0 aliphatic carbocycles. The maximum Gasteiger partial charge on any atom is 0.204 e. The van der Waals surface area contributed by atoms with Gasteiger partial charge in [-0.3, -0.25) is 0 Å². The summed E-state index contributed by atoms with van der Waals surface area (Å²) >= 11 is 0. The predicted octanol–water partition coefficient (Wildman–Crippen LogP) is 2.54. The third-order valence-corrected chi connectivity index (χ3v) is 2.89. The van der Waals surface area contributed by atoms with Crippen molar-refractivity contribution in [1.29, 1.82) is 0 Å². The van der Waals surface area contributed by atoms with Crippen LogP contribution in [0.25, 0.3) is 0 Å². The molecule has 0 aromatic carbocycles. The highest BCUT2D eigenvalue weighted by Gasteiger charge is 2.15. The van der Waals surface area contributed by atoms with Crippen molar-refractivity contribution >= 4 is 11.6 Å². The Bertz CT molecular complexity index is 528. The van der Waals surface area contributed by atoms with Crippen LogP contribution in [0.2, 0.25) is 0 Å². The third-order valence-electron chi connectivity index (χ3n) is 2.89. The molecule has 0 aliphatic heterocycles. The Kier molecular flexibility index (Phi) is 4.81. The van der Waals surface area contributed by atoms with Crippen LogP contribution in [0.4, 0.5) is 11.6 Å². The Morgan fingerprint density at radius 3 is 2.90 bits per heavy atom. The topological polar surface area (TPSA) is 63.4 Å². The predicted molar refractivity (Wildman–Crippen MR) is 78.2 cm³/mol. The maximum absolute atomic E-state index is 5.46. The first-order valence-electron chi connectivity index (χ1n) is 6.61. The van der Waals surface area contributed by atoms with Crippen LogP contribution < -0.4 is 15.0 Å². The second kappa shape index (κ2) is 6.79. The Morgan fingerprint density at radius 2 is 2.25 bits per heavy atom. The summed E-state index contributed by atoms with van der Waals surface area (Å²) < 4.78 is 10.5. The number of nitrogens with one attached hydrogen (secondary N) is 1. The summed E-state index contributed by atoms with van der Waals surface area (Å²) in [6, 6.07) is 1.93. The molecule has 0 aliphatic rings. The average molecular weight is 276 g/mol. The molecule has 2 aromatic heterocycles. The van der Waals surface area contributed by atoms with E-state index in [4.69, 9.17) is 9.15 Å². The molecule has 0 unspecified atom stereocenters. The van der Waals surface area contributed by atoms with Crippen LogP contribution in [0, 0.1) is 0 Å². The molecule has 0 radical (unpaired) electrons. The number of aromatic nitrogens is 2. The van der Waals surface area contributed by atoms with Crippen molar-refractivity contribution in [3.8, 4) is 5.75 Å². The van der Waals surface area contributed by atoms with Gasteiger partial charge in [0.2, 0.25) is 5.75 Å². The second-order valence-corrected chi connectivity index (χ2v) is 4.49. The van der Waals surface area contributed by atoms with Gasteiger partial charge >= 0.3 is 0 Å². The third kappa shape index (κ3) is 3.20. The highest BCUT2D eigenvalue weighted by molar-refractivity contribution is 5.64. The zero-order valence-electron chi connectivity index (χ0n) is 12.1. The van der Waals surface area contributed by atoms with E-state index in [9.17, 15) is 0 Å². The van der Waals surface area contributed by atoms with E-state index in [1.807, 2.05) is 18.0 Å². The highest BCUT2D eigenvalue weighted by atomic mass is 16.5. The highest BCUT2D eigenvalue weighted by Crippen LogP contribution is 2.31. The molecule has 2 rings (SSSR count). The minimum atomic E-state index is 0.659. The van der Waals surface area contributed by atoms with Gasteiger partial charge in [-0.2, -0.15) is 0 Å². The molecule has 1 N–H and O–H groups in total. The molecular formula is C14H20N4O2. The summed E-state index contributed by atoms with van der Waals surface area (Å²) in [6.45, 7) is 3.64. The van der Waals surface area contributed by atoms with Crippen molar-refractivity contribution in [1.82, 2.24) is 9.97 Å². The van der Waals surface area contributed by atoms with E-state index >= 15 is 0 Å². The summed E-state index contributed by atoms with van der Waals surface area (Å²) in [6.07, 6.45) is 5.95. The first-order valence-corrected chi connectivity index (χ1v) is 6.61. The molecule has 108 valence electrons. The van der Waals surface area contributed by atoms with Crippen molar-refractivity contribution in [2.45, 2.75) is 19.9 Å². The molecule has 6 heteroatoms. The monoisotopic (exact) mass is 276 g/mol. The second-order valence-electron chi connectivity index (χ2n) is 4.49. The summed E-state index contributed by atoms with van der Waals surface area (Å²) in [7, 11) is 3.59. The Balaban J connectivity index is 2.21. The van der Waals surface area contributed by atoms with Gasteiger partial charge in [0.15, 0.2) is 11.6 Å². The average Bonchev–Trinajstić information content (AvgIpc) is 2.97. The maximum atomic E-state index is 5.46. The van der Waals surface area contributed by atoms with E-state index in [0.29, 0.717) is 12.3 Å². The van der Waals surface area contributed by atoms with Gasteiger partial charge in [0.25, 0.3) is 0 Å².